The fourth-order valence-corrected chi connectivity index (χ4v) is 3.87. The number of H-pyrrole nitrogens is 1. The van der Waals surface area contributed by atoms with Crippen molar-refractivity contribution < 1.29 is 19.1 Å². The number of fused-ring (bicyclic) bond motifs is 1. The average molecular weight is 373 g/mol. The summed E-state index contributed by atoms with van der Waals surface area (Å²) in [7, 11) is 0. The third-order valence-electron chi connectivity index (χ3n) is 5.76. The number of nitrogens with zero attached hydrogens (tertiary/aromatic N) is 1. The number of aliphatic hydroxyl groups is 1. The van der Waals surface area contributed by atoms with E-state index < -0.39 is 17.8 Å². The highest BCUT2D eigenvalue weighted by Gasteiger charge is 2.43. The summed E-state index contributed by atoms with van der Waals surface area (Å²) >= 11 is 0. The van der Waals surface area contributed by atoms with E-state index in [9.17, 15) is 19.1 Å². The summed E-state index contributed by atoms with van der Waals surface area (Å²) in [5.74, 6) is -0.841. The molecule has 1 aliphatic carbocycles. The predicted molar refractivity (Wildman–Crippen MR) is 98.7 cm³/mol. The Hall–Kier alpha value is -2.41. The van der Waals surface area contributed by atoms with Crippen LogP contribution >= 0.6 is 0 Å². The number of nitrogens with one attached hydrogen (secondary N) is 2. The molecule has 2 fully saturated rings. The third kappa shape index (κ3) is 3.69. The molecule has 144 valence electrons. The Morgan fingerprint density at radius 2 is 2.19 bits per heavy atom. The van der Waals surface area contributed by atoms with E-state index in [-0.39, 0.29) is 29.5 Å². The maximum atomic E-state index is 13.8. The largest absolute Gasteiger partial charge is 0.391 e. The molecule has 2 heterocycles. The molecule has 1 aromatic heterocycles. The van der Waals surface area contributed by atoms with Gasteiger partial charge in [0.2, 0.25) is 5.91 Å². The Labute approximate surface area is 156 Å². The van der Waals surface area contributed by atoms with Gasteiger partial charge in [-0.05, 0) is 42.9 Å². The first-order chi connectivity index (χ1) is 12.8. The van der Waals surface area contributed by atoms with Crippen LogP contribution in [0.2, 0.25) is 0 Å². The molecule has 1 saturated heterocycles. The van der Waals surface area contributed by atoms with Crippen LogP contribution in [0, 0.1) is 11.2 Å². The Balaban J connectivity index is 1.44. The Bertz CT molecular complexity index is 890. The van der Waals surface area contributed by atoms with E-state index in [0.717, 1.165) is 12.8 Å². The molecule has 0 unspecified atom stereocenters. The van der Waals surface area contributed by atoms with Gasteiger partial charge in [-0.2, -0.15) is 0 Å². The van der Waals surface area contributed by atoms with Crippen LogP contribution in [0.5, 0.6) is 0 Å². The minimum absolute atomic E-state index is 0.0308. The zero-order valence-corrected chi connectivity index (χ0v) is 15.3. The number of likely N-dealkylation sites (tertiary alicyclic amines) is 1. The van der Waals surface area contributed by atoms with Gasteiger partial charge in [0.15, 0.2) is 0 Å². The predicted octanol–water partition coefficient (Wildman–Crippen LogP) is 2.19. The summed E-state index contributed by atoms with van der Waals surface area (Å²) in [4.78, 5) is 29.8. The second-order valence-electron chi connectivity index (χ2n) is 8.18. The molecule has 2 aliphatic rings. The van der Waals surface area contributed by atoms with E-state index in [0.29, 0.717) is 30.3 Å². The first-order valence-electron chi connectivity index (χ1n) is 9.37. The molecule has 1 saturated carbocycles. The summed E-state index contributed by atoms with van der Waals surface area (Å²) in [6, 6.07) is 4.04. The number of aromatic nitrogens is 1. The van der Waals surface area contributed by atoms with Crippen LogP contribution in [0.25, 0.3) is 10.9 Å². The molecule has 0 radical (unpaired) electrons. The lowest BCUT2D eigenvalue weighted by atomic mass is 10.0. The average Bonchev–Trinajstić information content (AvgIpc) is 3.02. The number of aliphatic hydroxyl groups excluding tert-OH is 1. The van der Waals surface area contributed by atoms with Crippen molar-refractivity contribution in [2.75, 3.05) is 13.1 Å². The quantitative estimate of drug-likeness (QED) is 0.751. The standard InChI is InChI=1S/C20H24FN3O3/c1-20(3-4-20)9-17(26)24-11-15(25)8-14(24)10-23-19(27)16-7-13(21)6-12-2-5-22-18(12)16/h2,5-7,14-15,22,25H,3-4,8-11H2,1H3,(H,23,27)/t14-,15+/m0/s1. The summed E-state index contributed by atoms with van der Waals surface area (Å²) in [5.41, 5.74) is 0.908. The molecule has 7 heteroatoms. The molecular formula is C20H24FN3O3. The van der Waals surface area contributed by atoms with E-state index in [4.69, 9.17) is 0 Å². The topological polar surface area (TPSA) is 85.4 Å². The van der Waals surface area contributed by atoms with Gasteiger partial charge in [0.05, 0.1) is 23.2 Å². The number of rotatable bonds is 5. The highest BCUT2D eigenvalue weighted by atomic mass is 19.1. The fraction of sp³-hybridized carbons (Fsp3) is 0.500. The van der Waals surface area contributed by atoms with Crippen molar-refractivity contribution in [1.29, 1.82) is 0 Å². The number of halogens is 1. The molecule has 2 amide bonds. The number of carbonyl (C=O) groups excluding carboxylic acids is 2. The molecular weight excluding hydrogens is 349 g/mol. The molecule has 4 rings (SSSR count). The van der Waals surface area contributed by atoms with Crippen molar-refractivity contribution in [3.63, 3.8) is 0 Å². The van der Waals surface area contributed by atoms with Gasteiger partial charge < -0.3 is 20.3 Å². The van der Waals surface area contributed by atoms with Gasteiger partial charge in [-0.15, -0.1) is 0 Å². The lowest BCUT2D eigenvalue weighted by molar-refractivity contribution is -0.133. The Morgan fingerprint density at radius 3 is 2.93 bits per heavy atom. The normalized spacial score (nSPS) is 23.6. The maximum Gasteiger partial charge on any atom is 0.253 e. The van der Waals surface area contributed by atoms with Crippen LogP contribution in [0.1, 0.15) is 43.0 Å². The van der Waals surface area contributed by atoms with Crippen LogP contribution in [0.3, 0.4) is 0 Å². The molecule has 27 heavy (non-hydrogen) atoms. The van der Waals surface area contributed by atoms with Gasteiger partial charge in [0.1, 0.15) is 5.82 Å². The molecule has 0 spiro atoms. The molecule has 2 aromatic rings. The number of aromatic amines is 1. The van der Waals surface area contributed by atoms with Crippen molar-refractivity contribution in [2.24, 2.45) is 5.41 Å². The van der Waals surface area contributed by atoms with Crippen LogP contribution in [0.4, 0.5) is 4.39 Å². The van der Waals surface area contributed by atoms with Gasteiger partial charge in [0, 0.05) is 31.1 Å². The number of benzene rings is 1. The van der Waals surface area contributed by atoms with Crippen LogP contribution < -0.4 is 5.32 Å². The number of hydrogen-bond acceptors (Lipinski definition) is 3. The number of carbonyl (C=O) groups is 2. The van der Waals surface area contributed by atoms with Crippen LogP contribution in [-0.2, 0) is 4.79 Å². The highest BCUT2D eigenvalue weighted by Crippen LogP contribution is 2.48. The van der Waals surface area contributed by atoms with E-state index in [2.05, 4.69) is 17.2 Å². The highest BCUT2D eigenvalue weighted by molar-refractivity contribution is 6.05. The zero-order chi connectivity index (χ0) is 19.2. The summed E-state index contributed by atoms with van der Waals surface area (Å²) in [6.07, 6.45) is 4.12. The van der Waals surface area contributed by atoms with Gasteiger partial charge >= 0.3 is 0 Å². The van der Waals surface area contributed by atoms with E-state index in [1.165, 1.54) is 12.1 Å². The van der Waals surface area contributed by atoms with Crippen molar-refractivity contribution >= 4 is 22.7 Å². The SMILES string of the molecule is CC1(CC(=O)N2C[C@H](O)C[C@H]2CNC(=O)c2cc(F)cc3cc[nH]c23)CC1. The second-order valence-corrected chi connectivity index (χ2v) is 8.18. The van der Waals surface area contributed by atoms with Gasteiger partial charge in [0.25, 0.3) is 5.91 Å². The van der Waals surface area contributed by atoms with Crippen molar-refractivity contribution in [3.8, 4) is 0 Å². The van der Waals surface area contributed by atoms with Crippen molar-refractivity contribution in [1.82, 2.24) is 15.2 Å². The summed E-state index contributed by atoms with van der Waals surface area (Å²) in [5, 5.41) is 13.4. The minimum atomic E-state index is -0.577. The molecule has 3 N–H and O–H groups in total. The van der Waals surface area contributed by atoms with E-state index in [1.807, 2.05) is 0 Å². The molecule has 0 bridgehead atoms. The maximum absolute atomic E-state index is 13.8. The van der Waals surface area contributed by atoms with Crippen molar-refractivity contribution in [3.05, 3.63) is 35.8 Å². The van der Waals surface area contributed by atoms with Gasteiger partial charge in [-0.25, -0.2) is 4.39 Å². The molecule has 6 nitrogen and oxygen atoms in total. The van der Waals surface area contributed by atoms with E-state index >= 15 is 0 Å². The zero-order valence-electron chi connectivity index (χ0n) is 15.3. The lowest BCUT2D eigenvalue weighted by Gasteiger charge is -2.26. The summed E-state index contributed by atoms with van der Waals surface area (Å²) < 4.78 is 13.8. The first-order valence-corrected chi connectivity index (χ1v) is 9.37. The van der Waals surface area contributed by atoms with Crippen molar-refractivity contribution in [2.45, 2.75) is 44.8 Å². The first kappa shape index (κ1) is 18.0. The number of amides is 2. The minimum Gasteiger partial charge on any atom is -0.391 e. The lowest BCUT2D eigenvalue weighted by Crippen LogP contribution is -2.43. The molecule has 1 aliphatic heterocycles. The smallest absolute Gasteiger partial charge is 0.253 e. The second kappa shape index (κ2) is 6.64. The summed E-state index contributed by atoms with van der Waals surface area (Å²) in [6.45, 7) is 2.63. The number of β-amino-alcohol motifs (C(OH)–C–C–N with tert-alkyl or cyclic N) is 1. The monoisotopic (exact) mass is 373 g/mol. The third-order valence-corrected chi connectivity index (χ3v) is 5.76. The van der Waals surface area contributed by atoms with Crippen LogP contribution in [-0.4, -0.2) is 52.0 Å². The fourth-order valence-electron chi connectivity index (χ4n) is 3.87. The Kier molecular flexibility index (Phi) is 4.42. The molecule has 1 aromatic carbocycles. The van der Waals surface area contributed by atoms with Crippen LogP contribution in [0.15, 0.2) is 24.4 Å². The van der Waals surface area contributed by atoms with Gasteiger partial charge in [-0.3, -0.25) is 9.59 Å². The van der Waals surface area contributed by atoms with Gasteiger partial charge in [-0.1, -0.05) is 6.92 Å². The molecule has 2 atom stereocenters. The van der Waals surface area contributed by atoms with E-state index in [1.54, 1.807) is 17.2 Å². The number of hydrogen-bond donors (Lipinski definition) is 3. The Morgan fingerprint density at radius 1 is 1.41 bits per heavy atom.